The minimum Gasteiger partial charge on any atom is -0.467 e. The van der Waals surface area contributed by atoms with Crippen molar-refractivity contribution >= 4 is 23.8 Å². The Morgan fingerprint density at radius 2 is 1.39 bits per heavy atom. The molecule has 0 aliphatic rings. The molecule has 0 saturated heterocycles. The molecule has 1 aromatic carbocycles. The molecule has 0 bridgehead atoms. The standard InChI is InChI=1S/C22H34N4O7/c1-31-22(30)16(26-19(27)5-2-10-23)13-15-8-9-17(32-20(28)6-3-11-24)18(14-15)33-21(29)7-4-12-25/h8-9,14,16H,2-7,10-13,23-25H2,1H3,(H,26,27). The van der Waals surface area contributed by atoms with Gasteiger partial charge in [-0.1, -0.05) is 6.07 Å². The van der Waals surface area contributed by atoms with Crippen LogP contribution < -0.4 is 32.0 Å². The minimum atomic E-state index is -0.959. The number of methoxy groups -OCH3 is 1. The maximum absolute atomic E-state index is 12.2. The van der Waals surface area contributed by atoms with Gasteiger partial charge in [0, 0.05) is 25.7 Å². The highest BCUT2D eigenvalue weighted by atomic mass is 16.6. The molecule has 0 aliphatic heterocycles. The predicted molar refractivity (Wildman–Crippen MR) is 120 cm³/mol. The average Bonchev–Trinajstić information content (AvgIpc) is 2.80. The fourth-order valence-corrected chi connectivity index (χ4v) is 2.78. The quantitative estimate of drug-likeness (QED) is 0.201. The highest BCUT2D eigenvalue weighted by Gasteiger charge is 2.23. The fraction of sp³-hybridized carbons (Fsp3) is 0.545. The molecule has 0 aliphatic carbocycles. The lowest BCUT2D eigenvalue weighted by Crippen LogP contribution is -2.43. The van der Waals surface area contributed by atoms with Crippen molar-refractivity contribution in [3.8, 4) is 11.5 Å². The summed E-state index contributed by atoms with van der Waals surface area (Å²) in [6.45, 7) is 1.00. The Labute approximate surface area is 193 Å². The minimum absolute atomic E-state index is 0.0219. The molecule has 1 aromatic rings. The van der Waals surface area contributed by atoms with Crippen molar-refractivity contribution in [3.63, 3.8) is 0 Å². The van der Waals surface area contributed by atoms with E-state index in [1.807, 2.05) is 0 Å². The molecule has 0 spiro atoms. The number of amides is 1. The molecule has 1 unspecified atom stereocenters. The largest absolute Gasteiger partial charge is 0.467 e. The van der Waals surface area contributed by atoms with Crippen LogP contribution in [0.4, 0.5) is 0 Å². The van der Waals surface area contributed by atoms with Gasteiger partial charge in [0.15, 0.2) is 11.5 Å². The van der Waals surface area contributed by atoms with Gasteiger partial charge in [0.2, 0.25) is 5.91 Å². The number of rotatable bonds is 15. The Morgan fingerprint density at radius 3 is 1.94 bits per heavy atom. The smallest absolute Gasteiger partial charge is 0.328 e. The zero-order valence-electron chi connectivity index (χ0n) is 19.0. The summed E-state index contributed by atoms with van der Waals surface area (Å²) in [5.74, 6) is -1.95. The van der Waals surface area contributed by atoms with E-state index in [-0.39, 0.29) is 43.1 Å². The summed E-state index contributed by atoms with van der Waals surface area (Å²) < 4.78 is 15.5. The molecular weight excluding hydrogens is 432 g/mol. The molecule has 1 rings (SSSR count). The average molecular weight is 467 g/mol. The van der Waals surface area contributed by atoms with Crippen molar-refractivity contribution in [1.82, 2.24) is 5.32 Å². The van der Waals surface area contributed by atoms with Gasteiger partial charge in [0.1, 0.15) is 6.04 Å². The normalized spacial score (nSPS) is 11.4. The van der Waals surface area contributed by atoms with Gasteiger partial charge in [-0.3, -0.25) is 14.4 Å². The third kappa shape index (κ3) is 10.9. The number of hydrogen-bond acceptors (Lipinski definition) is 10. The summed E-state index contributed by atoms with van der Waals surface area (Å²) >= 11 is 0. The van der Waals surface area contributed by atoms with Gasteiger partial charge in [0.05, 0.1) is 7.11 Å². The molecular formula is C22H34N4O7. The number of carbonyl (C=O) groups is 4. The molecule has 0 fully saturated rings. The van der Waals surface area contributed by atoms with Crippen LogP contribution in [0.25, 0.3) is 0 Å². The van der Waals surface area contributed by atoms with E-state index in [4.69, 9.17) is 31.4 Å². The van der Waals surface area contributed by atoms with E-state index < -0.39 is 23.9 Å². The monoisotopic (exact) mass is 466 g/mol. The van der Waals surface area contributed by atoms with Crippen molar-refractivity contribution in [3.05, 3.63) is 23.8 Å². The summed E-state index contributed by atoms with van der Waals surface area (Å²) in [5.41, 5.74) is 16.8. The summed E-state index contributed by atoms with van der Waals surface area (Å²) in [6.07, 6.45) is 1.80. The van der Waals surface area contributed by atoms with Gasteiger partial charge in [-0.15, -0.1) is 0 Å². The summed E-state index contributed by atoms with van der Waals surface area (Å²) in [4.78, 5) is 48.4. The maximum Gasteiger partial charge on any atom is 0.328 e. The van der Waals surface area contributed by atoms with Crippen molar-refractivity contribution in [2.45, 2.75) is 51.0 Å². The van der Waals surface area contributed by atoms with Crippen LogP contribution in [-0.2, 0) is 30.3 Å². The summed E-state index contributed by atoms with van der Waals surface area (Å²) in [6, 6.07) is 3.59. The molecule has 184 valence electrons. The van der Waals surface area contributed by atoms with Gasteiger partial charge in [0.25, 0.3) is 0 Å². The third-order valence-electron chi connectivity index (χ3n) is 4.49. The number of carbonyl (C=O) groups excluding carboxylic acids is 4. The highest BCUT2D eigenvalue weighted by Crippen LogP contribution is 2.30. The van der Waals surface area contributed by atoms with Gasteiger partial charge in [-0.25, -0.2) is 4.79 Å². The number of nitrogens with one attached hydrogen (secondary N) is 1. The van der Waals surface area contributed by atoms with Crippen LogP contribution in [0, 0.1) is 0 Å². The molecule has 0 heterocycles. The van der Waals surface area contributed by atoms with Crippen LogP contribution in [-0.4, -0.2) is 56.6 Å². The Hall–Kier alpha value is -3.02. The van der Waals surface area contributed by atoms with Crippen molar-refractivity contribution in [2.24, 2.45) is 17.2 Å². The highest BCUT2D eigenvalue weighted by molar-refractivity contribution is 5.84. The second kappa shape index (κ2) is 15.7. The molecule has 0 radical (unpaired) electrons. The van der Waals surface area contributed by atoms with Crippen LogP contribution in [0.2, 0.25) is 0 Å². The Balaban J connectivity index is 3.08. The van der Waals surface area contributed by atoms with E-state index in [9.17, 15) is 19.2 Å². The second-order valence-corrected chi connectivity index (χ2v) is 7.25. The SMILES string of the molecule is COC(=O)C(Cc1ccc(OC(=O)CCCN)c(OC(=O)CCCN)c1)NC(=O)CCCN. The zero-order valence-corrected chi connectivity index (χ0v) is 19.0. The lowest BCUT2D eigenvalue weighted by Gasteiger charge is -2.18. The Kier molecular flexibility index (Phi) is 13.4. The molecule has 1 atom stereocenters. The van der Waals surface area contributed by atoms with E-state index in [0.717, 1.165) is 0 Å². The maximum atomic E-state index is 12.2. The van der Waals surface area contributed by atoms with E-state index in [0.29, 0.717) is 44.5 Å². The lowest BCUT2D eigenvalue weighted by atomic mass is 10.0. The van der Waals surface area contributed by atoms with E-state index >= 15 is 0 Å². The van der Waals surface area contributed by atoms with Gasteiger partial charge in [-0.05, 0) is 56.6 Å². The van der Waals surface area contributed by atoms with E-state index in [2.05, 4.69) is 5.32 Å². The molecule has 0 saturated carbocycles. The molecule has 11 nitrogen and oxygen atoms in total. The summed E-state index contributed by atoms with van der Waals surface area (Å²) in [7, 11) is 1.22. The predicted octanol–water partition coefficient (Wildman–Crippen LogP) is -0.0856. The number of esters is 3. The van der Waals surface area contributed by atoms with Crippen molar-refractivity contribution in [2.75, 3.05) is 26.7 Å². The van der Waals surface area contributed by atoms with Crippen LogP contribution in [0.15, 0.2) is 18.2 Å². The van der Waals surface area contributed by atoms with Crippen LogP contribution in [0.3, 0.4) is 0 Å². The van der Waals surface area contributed by atoms with Gasteiger partial charge in [-0.2, -0.15) is 0 Å². The third-order valence-corrected chi connectivity index (χ3v) is 4.49. The first-order chi connectivity index (χ1) is 15.8. The van der Waals surface area contributed by atoms with Crippen molar-refractivity contribution < 1.29 is 33.4 Å². The second-order valence-electron chi connectivity index (χ2n) is 7.25. The van der Waals surface area contributed by atoms with Gasteiger partial charge >= 0.3 is 17.9 Å². The van der Waals surface area contributed by atoms with E-state index in [1.165, 1.54) is 19.2 Å². The number of ether oxygens (including phenoxy) is 3. The van der Waals surface area contributed by atoms with E-state index in [1.54, 1.807) is 6.07 Å². The summed E-state index contributed by atoms with van der Waals surface area (Å²) in [5, 5.41) is 2.62. The molecule has 0 aromatic heterocycles. The zero-order chi connectivity index (χ0) is 24.6. The number of nitrogens with two attached hydrogens (primary N) is 3. The molecule has 11 heteroatoms. The Morgan fingerprint density at radius 1 is 0.848 bits per heavy atom. The molecule has 7 N–H and O–H groups in total. The first-order valence-corrected chi connectivity index (χ1v) is 10.9. The lowest BCUT2D eigenvalue weighted by molar-refractivity contribution is -0.145. The number of hydrogen-bond donors (Lipinski definition) is 4. The van der Waals surface area contributed by atoms with Gasteiger partial charge < -0.3 is 36.7 Å². The topological polar surface area (TPSA) is 186 Å². The fourth-order valence-electron chi connectivity index (χ4n) is 2.78. The molecule has 33 heavy (non-hydrogen) atoms. The first-order valence-electron chi connectivity index (χ1n) is 10.9. The number of benzene rings is 1. The first kappa shape index (κ1) is 28.0. The van der Waals surface area contributed by atoms with Crippen LogP contribution in [0.5, 0.6) is 11.5 Å². The Bertz CT molecular complexity index is 801. The van der Waals surface area contributed by atoms with Crippen LogP contribution in [0.1, 0.15) is 44.1 Å². The van der Waals surface area contributed by atoms with Crippen LogP contribution >= 0.6 is 0 Å². The molecule has 1 amide bonds. The van der Waals surface area contributed by atoms with Crippen molar-refractivity contribution in [1.29, 1.82) is 0 Å².